The molecule has 21 heavy (non-hydrogen) atoms. The van der Waals surface area contributed by atoms with Crippen LogP contribution in [0.4, 0.5) is 4.39 Å². The molecule has 1 unspecified atom stereocenters. The van der Waals surface area contributed by atoms with Crippen LogP contribution in [0.25, 0.3) is 5.65 Å². The van der Waals surface area contributed by atoms with E-state index in [9.17, 15) is 14.0 Å². The summed E-state index contributed by atoms with van der Waals surface area (Å²) in [6.07, 6.45) is 1.90. The Kier molecular flexibility index (Phi) is 4.21. The van der Waals surface area contributed by atoms with E-state index in [2.05, 4.69) is 10.3 Å². The van der Waals surface area contributed by atoms with E-state index in [-0.39, 0.29) is 12.1 Å². The van der Waals surface area contributed by atoms with E-state index < -0.39 is 23.7 Å². The summed E-state index contributed by atoms with van der Waals surface area (Å²) in [4.78, 5) is 27.6. The summed E-state index contributed by atoms with van der Waals surface area (Å²) in [5.41, 5.74) is 1.12. The maximum Gasteiger partial charge on any atom is 0.326 e. The number of carboxylic acid groups (broad SMARTS) is 1. The molecule has 2 rings (SSSR count). The zero-order valence-electron chi connectivity index (χ0n) is 11.8. The summed E-state index contributed by atoms with van der Waals surface area (Å²) in [6.45, 7) is 3.48. The molecule has 0 aromatic carbocycles. The van der Waals surface area contributed by atoms with Crippen molar-refractivity contribution >= 4 is 17.5 Å². The second kappa shape index (κ2) is 5.90. The summed E-state index contributed by atoms with van der Waals surface area (Å²) in [6, 6.07) is 1.75. The first-order chi connectivity index (χ1) is 9.97. The molecule has 7 heteroatoms. The zero-order valence-corrected chi connectivity index (χ0v) is 11.8. The third-order valence-electron chi connectivity index (χ3n) is 3.22. The van der Waals surface area contributed by atoms with E-state index in [1.54, 1.807) is 6.92 Å². The average molecular weight is 293 g/mol. The van der Waals surface area contributed by atoms with Crippen molar-refractivity contribution in [1.82, 2.24) is 14.7 Å². The van der Waals surface area contributed by atoms with E-state index in [1.165, 1.54) is 16.5 Å². The lowest BCUT2D eigenvalue weighted by molar-refractivity contribution is -0.139. The SMILES string of the molecule is CCc1nc2ccc(F)cn2c1C(=O)NC(CC)C(=O)O. The molecule has 1 atom stereocenters. The van der Waals surface area contributed by atoms with E-state index in [1.807, 2.05) is 6.92 Å². The number of fused-ring (bicyclic) bond motifs is 1. The van der Waals surface area contributed by atoms with Crippen molar-refractivity contribution < 1.29 is 19.1 Å². The fourth-order valence-corrected chi connectivity index (χ4v) is 2.12. The lowest BCUT2D eigenvalue weighted by atomic mass is 10.2. The van der Waals surface area contributed by atoms with Crippen molar-refractivity contribution in [1.29, 1.82) is 0 Å². The molecule has 2 N–H and O–H groups in total. The number of amides is 1. The van der Waals surface area contributed by atoms with Gasteiger partial charge >= 0.3 is 5.97 Å². The maximum atomic E-state index is 13.4. The molecular weight excluding hydrogens is 277 g/mol. The van der Waals surface area contributed by atoms with Gasteiger partial charge in [-0.1, -0.05) is 13.8 Å². The van der Waals surface area contributed by atoms with Gasteiger partial charge in [-0.15, -0.1) is 0 Å². The van der Waals surface area contributed by atoms with Crippen LogP contribution in [0.2, 0.25) is 0 Å². The molecule has 2 aromatic heterocycles. The number of hydrogen-bond acceptors (Lipinski definition) is 3. The number of imidazole rings is 1. The normalized spacial score (nSPS) is 12.3. The summed E-state index contributed by atoms with van der Waals surface area (Å²) in [5.74, 6) is -2.18. The highest BCUT2D eigenvalue weighted by Crippen LogP contribution is 2.15. The van der Waals surface area contributed by atoms with Crippen LogP contribution in [-0.2, 0) is 11.2 Å². The van der Waals surface area contributed by atoms with E-state index >= 15 is 0 Å². The van der Waals surface area contributed by atoms with Crippen molar-refractivity contribution in [3.63, 3.8) is 0 Å². The molecule has 0 saturated heterocycles. The molecular formula is C14H16FN3O3. The van der Waals surface area contributed by atoms with Crippen molar-refractivity contribution in [3.8, 4) is 0 Å². The topological polar surface area (TPSA) is 83.7 Å². The number of nitrogens with zero attached hydrogens (tertiary/aromatic N) is 2. The Balaban J connectivity index is 2.46. The first-order valence-electron chi connectivity index (χ1n) is 6.68. The van der Waals surface area contributed by atoms with Gasteiger partial charge in [-0.05, 0) is 25.0 Å². The smallest absolute Gasteiger partial charge is 0.326 e. The molecule has 6 nitrogen and oxygen atoms in total. The van der Waals surface area contributed by atoms with Gasteiger partial charge in [0.1, 0.15) is 23.2 Å². The molecule has 112 valence electrons. The van der Waals surface area contributed by atoms with Crippen molar-refractivity contribution in [2.45, 2.75) is 32.7 Å². The van der Waals surface area contributed by atoms with Crippen molar-refractivity contribution in [3.05, 3.63) is 35.5 Å². The Bertz CT molecular complexity index is 696. The van der Waals surface area contributed by atoms with Gasteiger partial charge in [0.15, 0.2) is 0 Å². The number of hydrogen-bond donors (Lipinski definition) is 2. The molecule has 2 heterocycles. The van der Waals surface area contributed by atoms with Crippen molar-refractivity contribution in [2.75, 3.05) is 0 Å². The Morgan fingerprint density at radius 3 is 2.71 bits per heavy atom. The first-order valence-corrected chi connectivity index (χ1v) is 6.68. The molecule has 0 saturated carbocycles. The number of pyridine rings is 1. The predicted octanol–water partition coefficient (Wildman–Crippen LogP) is 1.63. The van der Waals surface area contributed by atoms with Gasteiger partial charge in [-0.2, -0.15) is 0 Å². The molecule has 1 amide bonds. The van der Waals surface area contributed by atoms with E-state index in [0.29, 0.717) is 17.8 Å². The van der Waals surface area contributed by atoms with Crippen LogP contribution in [0.3, 0.4) is 0 Å². The Hall–Kier alpha value is -2.44. The van der Waals surface area contributed by atoms with Crippen molar-refractivity contribution in [2.24, 2.45) is 0 Å². The van der Waals surface area contributed by atoms with Gasteiger partial charge in [0.05, 0.1) is 5.69 Å². The van der Waals surface area contributed by atoms with Crippen LogP contribution in [0, 0.1) is 5.82 Å². The van der Waals surface area contributed by atoms with Gasteiger partial charge < -0.3 is 10.4 Å². The lowest BCUT2D eigenvalue weighted by Gasteiger charge is -2.12. The quantitative estimate of drug-likeness (QED) is 0.877. The van der Waals surface area contributed by atoms with Crippen LogP contribution < -0.4 is 5.32 Å². The fourth-order valence-electron chi connectivity index (χ4n) is 2.12. The Labute approximate surface area is 120 Å². The molecule has 0 spiro atoms. The second-order valence-electron chi connectivity index (χ2n) is 4.61. The second-order valence-corrected chi connectivity index (χ2v) is 4.61. The van der Waals surface area contributed by atoms with Crippen LogP contribution in [0.15, 0.2) is 18.3 Å². The number of aromatic nitrogens is 2. The minimum atomic E-state index is -1.11. The number of rotatable bonds is 5. The molecule has 0 fully saturated rings. The molecule has 0 aliphatic rings. The number of aryl methyl sites for hydroxylation is 1. The van der Waals surface area contributed by atoms with Crippen LogP contribution >= 0.6 is 0 Å². The number of carbonyl (C=O) groups excluding carboxylic acids is 1. The number of carboxylic acids is 1. The van der Waals surface area contributed by atoms with Gasteiger partial charge in [0, 0.05) is 6.20 Å². The highest BCUT2D eigenvalue weighted by molar-refractivity contribution is 5.97. The number of carbonyl (C=O) groups is 2. The van der Waals surface area contributed by atoms with E-state index in [0.717, 1.165) is 6.20 Å². The minimum Gasteiger partial charge on any atom is -0.480 e. The van der Waals surface area contributed by atoms with Crippen LogP contribution in [0.5, 0.6) is 0 Å². The Morgan fingerprint density at radius 2 is 2.14 bits per heavy atom. The third-order valence-corrected chi connectivity index (χ3v) is 3.22. The number of nitrogens with one attached hydrogen (secondary N) is 1. The standard InChI is InChI=1S/C14H16FN3O3/c1-3-9-12(13(19)17-10(4-2)14(20)21)18-7-8(15)5-6-11(18)16-9/h5-7,10H,3-4H2,1-2H3,(H,17,19)(H,20,21). The lowest BCUT2D eigenvalue weighted by Crippen LogP contribution is -2.41. The van der Waals surface area contributed by atoms with Crippen LogP contribution in [-0.4, -0.2) is 32.4 Å². The molecule has 2 aromatic rings. The molecule has 0 aliphatic heterocycles. The summed E-state index contributed by atoms with van der Waals surface area (Å²) >= 11 is 0. The van der Waals surface area contributed by atoms with Crippen LogP contribution in [0.1, 0.15) is 36.5 Å². The summed E-state index contributed by atoms with van der Waals surface area (Å²) < 4.78 is 14.7. The predicted molar refractivity (Wildman–Crippen MR) is 73.7 cm³/mol. The summed E-state index contributed by atoms with van der Waals surface area (Å²) in [5, 5.41) is 11.4. The zero-order chi connectivity index (χ0) is 15.6. The van der Waals surface area contributed by atoms with Gasteiger partial charge in [-0.25, -0.2) is 14.2 Å². The highest BCUT2D eigenvalue weighted by atomic mass is 19.1. The molecule has 0 aliphatic carbocycles. The first kappa shape index (κ1) is 15.0. The fraction of sp³-hybridized carbons (Fsp3) is 0.357. The molecule has 0 bridgehead atoms. The number of aliphatic carboxylic acids is 1. The summed E-state index contributed by atoms with van der Waals surface area (Å²) in [7, 11) is 0. The van der Waals surface area contributed by atoms with Gasteiger partial charge in [0.25, 0.3) is 5.91 Å². The van der Waals surface area contributed by atoms with Gasteiger partial charge in [0.2, 0.25) is 0 Å². The maximum absolute atomic E-state index is 13.4. The number of halogens is 1. The minimum absolute atomic E-state index is 0.173. The monoisotopic (exact) mass is 293 g/mol. The average Bonchev–Trinajstić information content (AvgIpc) is 2.81. The largest absolute Gasteiger partial charge is 0.480 e. The molecule has 0 radical (unpaired) electrons. The third kappa shape index (κ3) is 2.86. The van der Waals surface area contributed by atoms with Gasteiger partial charge in [-0.3, -0.25) is 9.20 Å². The Morgan fingerprint density at radius 1 is 1.43 bits per heavy atom. The highest BCUT2D eigenvalue weighted by Gasteiger charge is 2.23. The van der Waals surface area contributed by atoms with E-state index in [4.69, 9.17) is 5.11 Å².